The van der Waals surface area contributed by atoms with E-state index in [0.717, 1.165) is 73.0 Å². The third-order valence-electron chi connectivity index (χ3n) is 19.1. The number of carbonyl (C=O) groups is 1. The zero-order valence-electron chi connectivity index (χ0n) is 66.3. The highest BCUT2D eigenvalue weighted by Crippen LogP contribution is 2.36. The van der Waals surface area contributed by atoms with Crippen molar-refractivity contribution in [1.82, 2.24) is 0 Å². The molecule has 0 heterocycles. The second-order valence-corrected chi connectivity index (χ2v) is 28.7. The smallest absolute Gasteiger partial charge is 0.150 e. The van der Waals surface area contributed by atoms with Crippen LogP contribution in [0.2, 0.25) is 0 Å². The van der Waals surface area contributed by atoms with Gasteiger partial charge in [-0.1, -0.05) is 243 Å². The standard InChI is InChI=1S/C105H90O15/c106-62-85-41-92(115-71-90-51-102(117-73-86-43-94(107-63-77-25-9-1-10-26-77)56-95(44-86)108-64-78-27-11-2-12-28-78)60-103(52-90)118-74-87-45-96(109-65-79-29-13-3-14-30-79)57-97(46-87)110-66-80-31-15-4-16-32-80)55-93(42-85)116-72-91-53-104(119-75-88-47-98(111-67-81-33-17-5-18-34-81)58-99(48-88)112-68-82-35-19-6-20-36-82)61-105(54-91)120-76-89-49-100(113-69-83-37-21-7-22-38-83)59-101(50-89)114-70-84-39-23-8-24-40-84/h1-62H,63-76H2. The Balaban J connectivity index is 0.698. The minimum Gasteiger partial charge on any atom is -0.489 e. The van der Waals surface area contributed by atoms with Crippen LogP contribution in [0.3, 0.4) is 0 Å². The van der Waals surface area contributed by atoms with Crippen LogP contribution in [0.5, 0.6) is 80.5 Å². The molecule has 0 radical (unpaired) electrons. The van der Waals surface area contributed by atoms with Gasteiger partial charge in [-0.3, -0.25) is 4.79 Å². The number of carbonyl (C=O) groups excluding carboxylic acids is 1. The SMILES string of the molecule is O=Cc1cc(OCc2cc(OCc3cc(OCc4ccccc4)cc(OCc4ccccc4)c3)cc(OCc3cc(OCc4ccccc4)cc(OCc4ccccc4)c3)c2)cc(OCc2cc(OCc3cc(OCc4ccccc4)cc(OCc4ccccc4)c3)cc(OCc3cc(OCc4ccccc4)cc(OCc4ccccc4)c3)c2)c1. The van der Waals surface area contributed by atoms with Crippen molar-refractivity contribution >= 4 is 6.29 Å². The molecule has 0 saturated heterocycles. The van der Waals surface area contributed by atoms with Gasteiger partial charge in [-0.25, -0.2) is 0 Å². The molecular weight excluding hydrogens is 1500 g/mol. The number of ether oxygens (including phenoxy) is 14. The van der Waals surface area contributed by atoms with Crippen molar-refractivity contribution in [3.8, 4) is 80.5 Å². The lowest BCUT2D eigenvalue weighted by molar-refractivity contribution is 0.112. The van der Waals surface area contributed by atoms with Crippen molar-refractivity contribution in [3.05, 3.63) is 454 Å². The Bertz CT molecular complexity index is 4800. The Hall–Kier alpha value is -14.8. The molecule has 0 fully saturated rings. The molecule has 0 aromatic heterocycles. The Kier molecular flexibility index (Phi) is 28.2. The van der Waals surface area contributed by atoms with E-state index in [2.05, 4.69) is 0 Å². The Morgan fingerprint density at radius 2 is 0.242 bits per heavy atom. The Morgan fingerprint density at radius 3 is 0.358 bits per heavy atom. The van der Waals surface area contributed by atoms with E-state index < -0.39 is 0 Å². The number of rotatable bonds is 43. The molecule has 0 amide bonds. The van der Waals surface area contributed by atoms with Crippen molar-refractivity contribution in [2.45, 2.75) is 92.5 Å². The molecule has 0 bridgehead atoms. The van der Waals surface area contributed by atoms with Crippen molar-refractivity contribution < 1.29 is 71.1 Å². The maximum absolute atomic E-state index is 12.9. The highest BCUT2D eigenvalue weighted by atomic mass is 16.5. The summed E-state index contributed by atoms with van der Waals surface area (Å²) in [7, 11) is 0. The van der Waals surface area contributed by atoms with Crippen LogP contribution in [-0.2, 0) is 92.5 Å². The molecule has 15 heteroatoms. The van der Waals surface area contributed by atoms with Crippen LogP contribution in [0.25, 0.3) is 0 Å². The van der Waals surface area contributed by atoms with Crippen molar-refractivity contribution in [3.63, 3.8) is 0 Å². The quantitative estimate of drug-likeness (QED) is 0.0334. The number of hydrogen-bond acceptors (Lipinski definition) is 15. The van der Waals surface area contributed by atoms with E-state index in [9.17, 15) is 4.79 Å². The summed E-state index contributed by atoms with van der Waals surface area (Å²) in [6.07, 6.45) is 0.764. The van der Waals surface area contributed by atoms with Gasteiger partial charge < -0.3 is 66.3 Å². The third-order valence-corrected chi connectivity index (χ3v) is 19.1. The third kappa shape index (κ3) is 25.6. The van der Waals surface area contributed by atoms with Gasteiger partial charge >= 0.3 is 0 Å². The Labute approximate surface area is 699 Å². The van der Waals surface area contributed by atoms with E-state index >= 15 is 0 Å². The molecule has 0 aliphatic heterocycles. The first-order valence-electron chi connectivity index (χ1n) is 39.8. The predicted octanol–water partition coefficient (Wildman–Crippen LogP) is 23.6. The number of hydrogen-bond donors (Lipinski definition) is 0. The first kappa shape index (κ1) is 80.4. The lowest BCUT2D eigenvalue weighted by atomic mass is 10.1. The summed E-state index contributed by atoms with van der Waals surface area (Å²) >= 11 is 0. The molecule has 120 heavy (non-hydrogen) atoms. The predicted molar refractivity (Wildman–Crippen MR) is 463 cm³/mol. The molecule has 15 rings (SSSR count). The fourth-order valence-corrected chi connectivity index (χ4v) is 13.0. The monoisotopic (exact) mass is 1590 g/mol. The van der Waals surface area contributed by atoms with Gasteiger partial charge in [0.15, 0.2) is 0 Å². The number of benzene rings is 15. The van der Waals surface area contributed by atoms with E-state index in [1.54, 1.807) is 18.2 Å². The van der Waals surface area contributed by atoms with E-state index in [1.165, 1.54) is 0 Å². The summed E-state index contributed by atoms with van der Waals surface area (Å²) in [5.74, 6) is 7.72. The molecule has 0 N–H and O–H groups in total. The molecule has 0 atom stereocenters. The van der Waals surface area contributed by atoms with Crippen LogP contribution >= 0.6 is 0 Å². The minimum absolute atomic E-state index is 0.0291. The van der Waals surface area contributed by atoms with E-state index in [-0.39, 0.29) is 39.6 Å². The maximum Gasteiger partial charge on any atom is 0.150 e. The number of aldehydes is 1. The van der Waals surface area contributed by atoms with E-state index in [1.807, 2.05) is 352 Å². The summed E-state index contributed by atoms with van der Waals surface area (Å²) in [6, 6.07) is 120. The first-order chi connectivity index (χ1) is 59.2. The summed E-state index contributed by atoms with van der Waals surface area (Å²) in [6.45, 7) is 3.45. The van der Waals surface area contributed by atoms with Gasteiger partial charge in [0.25, 0.3) is 0 Å². The van der Waals surface area contributed by atoms with Gasteiger partial charge in [-0.05, 0) is 163 Å². The molecule has 0 saturated carbocycles. The van der Waals surface area contributed by atoms with Gasteiger partial charge in [-0.15, -0.1) is 0 Å². The van der Waals surface area contributed by atoms with Crippen LogP contribution in [0.1, 0.15) is 88.2 Å². The van der Waals surface area contributed by atoms with Gasteiger partial charge in [-0.2, -0.15) is 0 Å². The normalized spacial score (nSPS) is 10.8. The van der Waals surface area contributed by atoms with Crippen LogP contribution in [0.15, 0.2) is 370 Å². The minimum atomic E-state index is 0.0291. The zero-order chi connectivity index (χ0) is 81.4. The molecule has 0 unspecified atom stereocenters. The largest absolute Gasteiger partial charge is 0.489 e. The van der Waals surface area contributed by atoms with Crippen LogP contribution < -0.4 is 66.3 Å². The molecule has 0 spiro atoms. The maximum atomic E-state index is 12.9. The van der Waals surface area contributed by atoms with Gasteiger partial charge in [0.2, 0.25) is 0 Å². The average Bonchev–Trinajstić information content (AvgIpc) is 0.847. The molecule has 0 aliphatic carbocycles. The molecule has 15 aromatic rings. The van der Waals surface area contributed by atoms with Crippen molar-refractivity contribution in [2.75, 3.05) is 0 Å². The summed E-state index contributed by atoms with van der Waals surface area (Å²) in [5.41, 5.74) is 13.2. The molecular formula is C105H90O15. The van der Waals surface area contributed by atoms with Crippen LogP contribution in [-0.4, -0.2) is 6.29 Å². The average molecular weight is 1590 g/mol. The first-order valence-corrected chi connectivity index (χ1v) is 39.8. The second-order valence-electron chi connectivity index (χ2n) is 28.7. The van der Waals surface area contributed by atoms with Gasteiger partial charge in [0.05, 0.1) is 0 Å². The highest BCUT2D eigenvalue weighted by molar-refractivity contribution is 5.76. The lowest BCUT2D eigenvalue weighted by Gasteiger charge is -2.17. The van der Waals surface area contributed by atoms with Crippen LogP contribution in [0.4, 0.5) is 0 Å². The topological polar surface area (TPSA) is 146 Å². The fraction of sp³-hybridized carbons (Fsp3) is 0.133. The lowest BCUT2D eigenvalue weighted by Crippen LogP contribution is -2.04. The Morgan fingerprint density at radius 1 is 0.133 bits per heavy atom. The summed E-state index contributed by atoms with van der Waals surface area (Å²) in [5, 5.41) is 0. The van der Waals surface area contributed by atoms with E-state index in [0.29, 0.717) is 150 Å². The summed E-state index contributed by atoms with van der Waals surface area (Å²) < 4.78 is 91.5. The van der Waals surface area contributed by atoms with Gasteiger partial charge in [0, 0.05) is 48.0 Å². The van der Waals surface area contributed by atoms with Crippen LogP contribution in [0, 0.1) is 0 Å². The zero-order valence-corrected chi connectivity index (χ0v) is 66.3. The molecule has 15 aromatic carbocycles. The fourth-order valence-electron chi connectivity index (χ4n) is 13.0. The summed E-state index contributed by atoms with van der Waals surface area (Å²) in [4.78, 5) is 12.9. The molecule has 600 valence electrons. The van der Waals surface area contributed by atoms with Crippen molar-refractivity contribution in [2.24, 2.45) is 0 Å². The van der Waals surface area contributed by atoms with E-state index in [4.69, 9.17) is 66.3 Å². The van der Waals surface area contributed by atoms with Gasteiger partial charge in [0.1, 0.15) is 179 Å². The highest BCUT2D eigenvalue weighted by Gasteiger charge is 2.17. The molecule has 0 aliphatic rings. The second kappa shape index (κ2) is 42.2. The molecule has 15 nitrogen and oxygen atoms in total. The van der Waals surface area contributed by atoms with Crippen molar-refractivity contribution in [1.29, 1.82) is 0 Å².